The molecule has 0 N–H and O–H groups in total. The van der Waals surface area contributed by atoms with Crippen LogP contribution in [0, 0.1) is 29.7 Å². The van der Waals surface area contributed by atoms with Gasteiger partial charge >= 0.3 is 0 Å². The standard InChI is InChI=1S/C31H31N9O/c1-3-30(41)38-14-12-37(13-15-38)26-6-4-23(5-7-26)28-16-24(20-39-31(28)25(17-32)18-34-39)29-19-35-40(22(29)2)27-8-10-36(21-33)11-9-27/h3-7,16,18-20,27H,1,8-15H2,2H3. The maximum atomic E-state index is 11.9. The lowest BCUT2D eigenvalue weighted by atomic mass is 9.98. The van der Waals surface area contributed by atoms with Crippen molar-refractivity contribution in [1.82, 2.24) is 29.2 Å². The van der Waals surface area contributed by atoms with Crippen LogP contribution in [0.3, 0.4) is 0 Å². The number of piperazine rings is 1. The molecule has 5 heterocycles. The molecular weight excluding hydrogens is 514 g/mol. The fraction of sp³-hybridized carbons (Fsp3) is 0.323. The molecular formula is C31H31N9O. The van der Waals surface area contributed by atoms with Crippen molar-refractivity contribution in [3.63, 3.8) is 0 Å². The number of hydrogen-bond donors (Lipinski definition) is 0. The van der Waals surface area contributed by atoms with Crippen molar-refractivity contribution in [2.75, 3.05) is 44.2 Å². The third kappa shape index (κ3) is 4.78. The van der Waals surface area contributed by atoms with Gasteiger partial charge in [0.15, 0.2) is 6.19 Å². The van der Waals surface area contributed by atoms with Crippen LogP contribution in [0.1, 0.15) is 30.1 Å². The Morgan fingerprint density at radius 2 is 1.71 bits per heavy atom. The molecule has 0 unspecified atom stereocenters. The highest BCUT2D eigenvalue weighted by atomic mass is 16.2. The van der Waals surface area contributed by atoms with E-state index in [1.54, 1.807) is 15.6 Å². The number of benzene rings is 1. The molecule has 10 heteroatoms. The molecule has 2 aliphatic heterocycles. The zero-order valence-electron chi connectivity index (χ0n) is 23.1. The molecule has 0 spiro atoms. The average Bonchev–Trinajstić information content (AvgIpc) is 3.63. The van der Waals surface area contributed by atoms with Crippen LogP contribution in [-0.4, -0.2) is 74.4 Å². The zero-order valence-corrected chi connectivity index (χ0v) is 23.1. The van der Waals surface area contributed by atoms with E-state index in [9.17, 15) is 15.3 Å². The van der Waals surface area contributed by atoms with Gasteiger partial charge in [-0.05, 0) is 49.6 Å². The molecule has 4 aromatic rings. The number of carbonyl (C=O) groups excluding carboxylic acids is 1. The highest BCUT2D eigenvalue weighted by molar-refractivity contribution is 5.88. The molecule has 2 saturated heterocycles. The molecule has 206 valence electrons. The summed E-state index contributed by atoms with van der Waals surface area (Å²) in [5.41, 5.74) is 7.39. The fourth-order valence-corrected chi connectivity index (χ4v) is 6.02. The summed E-state index contributed by atoms with van der Waals surface area (Å²) in [6.45, 7) is 10.0. The fourth-order valence-electron chi connectivity index (χ4n) is 6.02. The Balaban J connectivity index is 1.31. The molecule has 2 aliphatic rings. The minimum absolute atomic E-state index is 0.0248. The van der Waals surface area contributed by atoms with E-state index in [1.165, 1.54) is 6.08 Å². The van der Waals surface area contributed by atoms with Crippen LogP contribution in [0.25, 0.3) is 27.8 Å². The summed E-state index contributed by atoms with van der Waals surface area (Å²) >= 11 is 0. The van der Waals surface area contributed by atoms with E-state index in [-0.39, 0.29) is 11.9 Å². The molecule has 1 amide bonds. The van der Waals surface area contributed by atoms with Gasteiger partial charge in [0, 0.05) is 73.5 Å². The van der Waals surface area contributed by atoms with Gasteiger partial charge < -0.3 is 14.7 Å². The summed E-state index contributed by atoms with van der Waals surface area (Å²) < 4.78 is 3.88. The Hall–Kier alpha value is -5.09. The monoisotopic (exact) mass is 545 g/mol. The van der Waals surface area contributed by atoms with Crippen LogP contribution in [0.4, 0.5) is 5.69 Å². The second kappa shape index (κ2) is 10.8. The van der Waals surface area contributed by atoms with E-state index in [1.807, 2.05) is 17.3 Å². The van der Waals surface area contributed by atoms with E-state index in [2.05, 4.69) is 70.8 Å². The number of anilines is 1. The van der Waals surface area contributed by atoms with Gasteiger partial charge in [0.1, 0.15) is 6.07 Å². The lowest BCUT2D eigenvalue weighted by molar-refractivity contribution is -0.126. The SMILES string of the molecule is C=CC(=O)N1CCN(c2ccc(-c3cc(-c4cnn(C5CCN(C#N)CC5)c4C)cn4ncc(C#N)c34)cc2)CC1. The van der Waals surface area contributed by atoms with Gasteiger partial charge in [-0.2, -0.15) is 20.7 Å². The van der Waals surface area contributed by atoms with Gasteiger partial charge in [-0.3, -0.25) is 9.48 Å². The smallest absolute Gasteiger partial charge is 0.246 e. The van der Waals surface area contributed by atoms with Crippen LogP contribution in [0.2, 0.25) is 0 Å². The minimum Gasteiger partial charge on any atom is -0.368 e. The number of piperidine rings is 1. The van der Waals surface area contributed by atoms with Crippen molar-refractivity contribution < 1.29 is 4.79 Å². The molecule has 0 radical (unpaired) electrons. The van der Waals surface area contributed by atoms with Crippen LogP contribution < -0.4 is 4.90 Å². The van der Waals surface area contributed by atoms with Gasteiger partial charge in [0.25, 0.3) is 0 Å². The van der Waals surface area contributed by atoms with Crippen molar-refractivity contribution in [3.8, 4) is 34.5 Å². The lowest BCUT2D eigenvalue weighted by Gasteiger charge is -2.35. The molecule has 6 rings (SSSR count). The summed E-state index contributed by atoms with van der Waals surface area (Å²) in [6, 6.07) is 13.1. The number of nitriles is 2. The van der Waals surface area contributed by atoms with E-state index in [0.29, 0.717) is 18.7 Å². The summed E-state index contributed by atoms with van der Waals surface area (Å²) in [7, 11) is 0. The summed E-state index contributed by atoms with van der Waals surface area (Å²) in [5, 5.41) is 28.3. The molecule has 41 heavy (non-hydrogen) atoms. The predicted molar refractivity (Wildman–Crippen MR) is 156 cm³/mol. The maximum absolute atomic E-state index is 11.9. The number of likely N-dealkylation sites (tertiary alicyclic amines) is 1. The lowest BCUT2D eigenvalue weighted by Crippen LogP contribution is -2.48. The van der Waals surface area contributed by atoms with Crippen molar-refractivity contribution in [3.05, 3.63) is 72.8 Å². The second-order valence-electron chi connectivity index (χ2n) is 10.6. The number of carbonyl (C=O) groups is 1. The largest absolute Gasteiger partial charge is 0.368 e. The van der Waals surface area contributed by atoms with Crippen molar-refractivity contribution in [2.24, 2.45) is 0 Å². The van der Waals surface area contributed by atoms with Gasteiger partial charge in [-0.1, -0.05) is 18.7 Å². The zero-order chi connectivity index (χ0) is 28.5. The Kier molecular flexibility index (Phi) is 6.90. The maximum Gasteiger partial charge on any atom is 0.246 e. The third-order valence-corrected chi connectivity index (χ3v) is 8.35. The third-order valence-electron chi connectivity index (χ3n) is 8.35. The predicted octanol–water partition coefficient (Wildman–Crippen LogP) is 4.00. The first-order chi connectivity index (χ1) is 20.0. The topological polar surface area (TPSA) is 109 Å². The van der Waals surface area contributed by atoms with Crippen LogP contribution in [0.5, 0.6) is 0 Å². The molecule has 0 bridgehead atoms. The first kappa shape index (κ1) is 26.1. The highest BCUT2D eigenvalue weighted by Gasteiger charge is 2.24. The van der Waals surface area contributed by atoms with Crippen molar-refractivity contribution in [2.45, 2.75) is 25.8 Å². The number of amides is 1. The Bertz CT molecular complexity index is 1690. The quantitative estimate of drug-likeness (QED) is 0.275. The molecule has 3 aromatic heterocycles. The van der Waals surface area contributed by atoms with Gasteiger partial charge in [-0.25, -0.2) is 4.52 Å². The van der Waals surface area contributed by atoms with Gasteiger partial charge in [-0.15, -0.1) is 0 Å². The van der Waals surface area contributed by atoms with E-state index in [0.717, 1.165) is 78.2 Å². The van der Waals surface area contributed by atoms with Crippen LogP contribution in [-0.2, 0) is 4.79 Å². The van der Waals surface area contributed by atoms with Crippen LogP contribution in [0.15, 0.2) is 61.6 Å². The Labute approximate surface area is 238 Å². The summed E-state index contributed by atoms with van der Waals surface area (Å²) in [6.07, 6.45) is 10.9. The molecule has 2 fully saturated rings. The average molecular weight is 546 g/mol. The van der Waals surface area contributed by atoms with Crippen molar-refractivity contribution in [1.29, 1.82) is 10.5 Å². The number of aromatic nitrogens is 4. The molecule has 0 saturated carbocycles. The molecule has 0 atom stereocenters. The Morgan fingerprint density at radius 3 is 2.37 bits per heavy atom. The summed E-state index contributed by atoms with van der Waals surface area (Å²) in [4.78, 5) is 17.8. The normalized spacial score (nSPS) is 16.0. The van der Waals surface area contributed by atoms with Gasteiger partial charge in [0.2, 0.25) is 5.91 Å². The molecule has 10 nitrogen and oxygen atoms in total. The number of fused-ring (bicyclic) bond motifs is 1. The molecule has 1 aromatic carbocycles. The first-order valence-corrected chi connectivity index (χ1v) is 13.9. The second-order valence-corrected chi connectivity index (χ2v) is 10.6. The number of hydrogen-bond acceptors (Lipinski definition) is 7. The molecule has 0 aliphatic carbocycles. The van der Waals surface area contributed by atoms with Crippen LogP contribution >= 0.6 is 0 Å². The Morgan fingerprint density at radius 1 is 0.976 bits per heavy atom. The highest BCUT2D eigenvalue weighted by Crippen LogP contribution is 2.35. The van der Waals surface area contributed by atoms with Crippen molar-refractivity contribution >= 4 is 17.1 Å². The summed E-state index contributed by atoms with van der Waals surface area (Å²) in [5.74, 6) is -0.0248. The van der Waals surface area contributed by atoms with E-state index in [4.69, 9.17) is 5.10 Å². The first-order valence-electron chi connectivity index (χ1n) is 13.9. The van der Waals surface area contributed by atoms with E-state index >= 15 is 0 Å². The van der Waals surface area contributed by atoms with Gasteiger partial charge in [0.05, 0.1) is 29.5 Å². The number of pyridine rings is 1. The number of rotatable bonds is 5. The number of nitrogens with zero attached hydrogens (tertiary/aromatic N) is 9. The minimum atomic E-state index is -0.0248. The van der Waals surface area contributed by atoms with E-state index < -0.39 is 0 Å².